The number of nitrogens with zero attached hydrogens (tertiary/aromatic N) is 2. The van der Waals surface area contributed by atoms with Gasteiger partial charge in [-0.05, 0) is 41.7 Å². The maximum Gasteiger partial charge on any atom is 0.320 e. The van der Waals surface area contributed by atoms with E-state index in [4.69, 9.17) is 5.73 Å². The second-order valence-corrected chi connectivity index (χ2v) is 6.87. The van der Waals surface area contributed by atoms with Crippen molar-refractivity contribution in [2.75, 3.05) is 19.6 Å². The lowest BCUT2D eigenvalue weighted by molar-refractivity contribution is 0.145. The number of carbonyl (C=O) groups is 1. The minimum atomic E-state index is -0.267. The maximum absolute atomic E-state index is 13.4. The quantitative estimate of drug-likeness (QED) is 0.868. The zero-order valence-electron chi connectivity index (χ0n) is 14.1. The zero-order valence-corrected chi connectivity index (χ0v) is 14.1. The Morgan fingerprint density at radius 1 is 1.08 bits per heavy atom. The number of fused-ring (bicyclic) bond motifs is 1. The van der Waals surface area contributed by atoms with Gasteiger partial charge in [0.2, 0.25) is 0 Å². The van der Waals surface area contributed by atoms with Crippen molar-refractivity contribution in [1.82, 2.24) is 9.80 Å². The number of nitrogens with two attached hydrogens (primary N) is 1. The minimum Gasteiger partial charge on any atom is -0.326 e. The third-order valence-corrected chi connectivity index (χ3v) is 5.21. The Morgan fingerprint density at radius 2 is 1.84 bits per heavy atom. The predicted molar refractivity (Wildman–Crippen MR) is 94.7 cm³/mol. The molecule has 1 saturated heterocycles. The van der Waals surface area contributed by atoms with Gasteiger partial charge in [0.1, 0.15) is 5.82 Å². The highest BCUT2D eigenvalue weighted by molar-refractivity contribution is 5.76. The summed E-state index contributed by atoms with van der Waals surface area (Å²) in [6.45, 7) is 1.96. The summed E-state index contributed by atoms with van der Waals surface area (Å²) < 4.78 is 13.4. The Hall–Kier alpha value is -2.40. The summed E-state index contributed by atoms with van der Waals surface area (Å²) in [5, 5.41) is 0. The first-order chi connectivity index (χ1) is 12.1. The first-order valence-corrected chi connectivity index (χ1v) is 8.78. The number of hydrogen-bond acceptors (Lipinski definition) is 2. The van der Waals surface area contributed by atoms with E-state index in [1.807, 2.05) is 21.9 Å². The molecule has 0 aromatic heterocycles. The van der Waals surface area contributed by atoms with E-state index in [2.05, 4.69) is 12.1 Å². The highest BCUT2D eigenvalue weighted by atomic mass is 19.1. The van der Waals surface area contributed by atoms with Crippen LogP contribution < -0.4 is 5.73 Å². The second kappa shape index (κ2) is 6.48. The summed E-state index contributed by atoms with van der Waals surface area (Å²) in [7, 11) is 0. The van der Waals surface area contributed by atoms with Crippen LogP contribution >= 0.6 is 0 Å². The van der Waals surface area contributed by atoms with Crippen LogP contribution in [0.5, 0.6) is 0 Å². The number of hydrogen-bond donors (Lipinski definition) is 1. The second-order valence-electron chi connectivity index (χ2n) is 6.87. The van der Waals surface area contributed by atoms with Gasteiger partial charge in [0, 0.05) is 25.7 Å². The van der Waals surface area contributed by atoms with Crippen molar-refractivity contribution in [1.29, 1.82) is 0 Å². The lowest BCUT2D eigenvalue weighted by Crippen LogP contribution is -2.47. The Kier molecular flexibility index (Phi) is 4.17. The summed E-state index contributed by atoms with van der Waals surface area (Å²) in [4.78, 5) is 16.9. The Labute approximate surface area is 147 Å². The van der Waals surface area contributed by atoms with Crippen molar-refractivity contribution in [2.24, 2.45) is 5.73 Å². The molecule has 4 nitrogen and oxygen atoms in total. The van der Waals surface area contributed by atoms with Gasteiger partial charge in [-0.1, -0.05) is 36.4 Å². The molecule has 2 heterocycles. The lowest BCUT2D eigenvalue weighted by atomic mass is 9.88. The van der Waals surface area contributed by atoms with Crippen molar-refractivity contribution >= 4 is 6.03 Å². The molecule has 5 heteroatoms. The Morgan fingerprint density at radius 3 is 2.56 bits per heavy atom. The number of rotatable bonds is 1. The third-order valence-electron chi connectivity index (χ3n) is 5.21. The monoisotopic (exact) mass is 339 g/mol. The van der Waals surface area contributed by atoms with Crippen molar-refractivity contribution in [3.63, 3.8) is 0 Å². The molecule has 0 bridgehead atoms. The number of benzene rings is 2. The fourth-order valence-electron chi connectivity index (χ4n) is 3.92. The van der Waals surface area contributed by atoms with Crippen molar-refractivity contribution in [2.45, 2.75) is 24.9 Å². The molecule has 2 N–H and O–H groups in total. The van der Waals surface area contributed by atoms with Gasteiger partial charge < -0.3 is 15.5 Å². The van der Waals surface area contributed by atoms with Crippen molar-refractivity contribution in [3.05, 3.63) is 71.0 Å². The molecule has 1 fully saturated rings. The smallest absolute Gasteiger partial charge is 0.320 e. The average molecular weight is 339 g/mol. The van der Waals surface area contributed by atoms with Crippen LogP contribution in [0.15, 0.2) is 48.5 Å². The summed E-state index contributed by atoms with van der Waals surface area (Å²) in [5.41, 5.74) is 9.28. The van der Waals surface area contributed by atoms with Crippen LogP contribution in [0.1, 0.15) is 29.2 Å². The SMILES string of the molecule is N[C@@H]1CCN(C(=O)N2CCc3ccccc3[C@@H]2c2ccc(F)cc2)C1. The molecule has 0 aliphatic carbocycles. The van der Waals surface area contributed by atoms with E-state index in [0.29, 0.717) is 19.6 Å². The maximum atomic E-state index is 13.4. The standard InChI is InChI=1S/C20H22FN3O/c21-16-7-5-15(6-8-16)19-18-4-2-1-3-14(18)9-12-24(19)20(25)23-11-10-17(22)13-23/h1-8,17,19H,9-13,22H2/t17-,19+/m1/s1. The number of amides is 2. The molecule has 2 aromatic carbocycles. The van der Waals surface area contributed by atoms with Crippen LogP contribution in [0.2, 0.25) is 0 Å². The topological polar surface area (TPSA) is 49.6 Å². The molecule has 4 rings (SSSR count). The molecule has 25 heavy (non-hydrogen) atoms. The minimum absolute atomic E-state index is 0.0248. The number of carbonyl (C=O) groups excluding carboxylic acids is 1. The van der Waals surface area contributed by atoms with E-state index in [1.54, 1.807) is 12.1 Å². The molecule has 2 amide bonds. The number of halogens is 1. The summed E-state index contributed by atoms with van der Waals surface area (Å²) in [5.74, 6) is -0.267. The van der Waals surface area contributed by atoms with Gasteiger partial charge in [0.15, 0.2) is 0 Å². The molecule has 2 atom stereocenters. The Bertz CT molecular complexity index is 777. The van der Waals surface area contributed by atoms with Crippen molar-refractivity contribution in [3.8, 4) is 0 Å². The summed E-state index contributed by atoms with van der Waals surface area (Å²) in [6, 6.07) is 14.6. The zero-order chi connectivity index (χ0) is 17.4. The summed E-state index contributed by atoms with van der Waals surface area (Å²) >= 11 is 0. The number of urea groups is 1. The molecule has 130 valence electrons. The largest absolute Gasteiger partial charge is 0.326 e. The van der Waals surface area contributed by atoms with Crippen LogP contribution in [-0.4, -0.2) is 41.5 Å². The molecule has 2 aromatic rings. The van der Waals surface area contributed by atoms with Gasteiger partial charge in [0.05, 0.1) is 6.04 Å². The van der Waals surface area contributed by atoms with Gasteiger partial charge in [-0.25, -0.2) is 9.18 Å². The summed E-state index contributed by atoms with van der Waals surface area (Å²) in [6.07, 6.45) is 1.68. The first-order valence-electron chi connectivity index (χ1n) is 8.78. The van der Waals surface area contributed by atoms with Crippen LogP contribution in [0.4, 0.5) is 9.18 Å². The van der Waals surface area contributed by atoms with Gasteiger partial charge >= 0.3 is 6.03 Å². The molecule has 0 radical (unpaired) electrons. The van der Waals surface area contributed by atoms with Crippen LogP contribution in [-0.2, 0) is 6.42 Å². The fraction of sp³-hybridized carbons (Fsp3) is 0.350. The predicted octanol–water partition coefficient (Wildman–Crippen LogP) is 2.93. The van der Waals surface area contributed by atoms with E-state index < -0.39 is 0 Å². The molecule has 0 spiro atoms. The first kappa shape index (κ1) is 16.1. The fourth-order valence-corrected chi connectivity index (χ4v) is 3.92. The molecule has 2 aliphatic heterocycles. The van der Waals surface area contributed by atoms with Crippen LogP contribution in [0, 0.1) is 5.82 Å². The molecular weight excluding hydrogens is 317 g/mol. The molecule has 0 unspecified atom stereocenters. The van der Waals surface area contributed by atoms with Crippen molar-refractivity contribution < 1.29 is 9.18 Å². The molecule has 0 saturated carbocycles. The van der Waals surface area contributed by atoms with E-state index >= 15 is 0 Å². The van der Waals surface area contributed by atoms with Crippen LogP contribution in [0.3, 0.4) is 0 Å². The molecule has 2 aliphatic rings. The lowest BCUT2D eigenvalue weighted by Gasteiger charge is -2.39. The van der Waals surface area contributed by atoms with Gasteiger partial charge in [0.25, 0.3) is 0 Å². The Balaban J connectivity index is 1.72. The van der Waals surface area contributed by atoms with E-state index in [0.717, 1.165) is 24.0 Å². The third kappa shape index (κ3) is 3.00. The number of likely N-dealkylation sites (tertiary alicyclic amines) is 1. The van der Waals surface area contributed by atoms with Gasteiger partial charge in [-0.3, -0.25) is 0 Å². The van der Waals surface area contributed by atoms with E-state index in [9.17, 15) is 9.18 Å². The van der Waals surface area contributed by atoms with E-state index in [-0.39, 0.29) is 23.9 Å². The van der Waals surface area contributed by atoms with Gasteiger partial charge in [-0.15, -0.1) is 0 Å². The highest BCUT2D eigenvalue weighted by Gasteiger charge is 2.36. The van der Waals surface area contributed by atoms with Gasteiger partial charge in [-0.2, -0.15) is 0 Å². The van der Waals surface area contributed by atoms with E-state index in [1.165, 1.54) is 17.7 Å². The van der Waals surface area contributed by atoms with Crippen LogP contribution in [0.25, 0.3) is 0 Å². The molecular formula is C20H22FN3O. The highest BCUT2D eigenvalue weighted by Crippen LogP contribution is 2.36. The average Bonchev–Trinajstić information content (AvgIpc) is 3.07. The normalized spacial score (nSPS) is 22.8.